The average molecular weight is 333 g/mol. The van der Waals surface area contributed by atoms with Crippen molar-refractivity contribution >= 4 is 11.8 Å². The average Bonchev–Trinajstić information content (AvgIpc) is 3.50. The highest BCUT2D eigenvalue weighted by atomic mass is 16.3. The van der Waals surface area contributed by atoms with Crippen LogP contribution in [0.15, 0.2) is 16.5 Å². The van der Waals surface area contributed by atoms with Gasteiger partial charge in [-0.15, -0.1) is 0 Å². The van der Waals surface area contributed by atoms with E-state index in [2.05, 4.69) is 28.7 Å². The molecule has 132 valence electrons. The van der Waals surface area contributed by atoms with Gasteiger partial charge in [-0.3, -0.25) is 25.3 Å². The molecule has 1 aromatic rings. The topological polar surface area (TPSA) is 74.6 Å². The number of nitrogens with one attached hydrogen (secondary N) is 2. The summed E-state index contributed by atoms with van der Waals surface area (Å²) < 4.78 is 5.99. The highest BCUT2D eigenvalue weighted by Gasteiger charge is 2.38. The molecule has 24 heavy (non-hydrogen) atoms. The van der Waals surface area contributed by atoms with E-state index in [0.717, 1.165) is 30.3 Å². The van der Waals surface area contributed by atoms with Crippen molar-refractivity contribution < 1.29 is 14.0 Å². The molecule has 2 amide bonds. The van der Waals surface area contributed by atoms with Gasteiger partial charge in [0.2, 0.25) is 5.91 Å². The van der Waals surface area contributed by atoms with Crippen molar-refractivity contribution in [1.29, 1.82) is 0 Å². The second kappa shape index (κ2) is 6.97. The number of furan rings is 1. The standard InChI is InChI=1S/C18H27N3O3/c1-4-17(22)19-20-18(23)12(3)21(13-5-6-13)10-14-7-8-16(24-14)15-9-11(15)2/h7-8,11-13,15H,4-6,9-10H2,1-3H3,(H,19,22)(H,20,23)/t11-,12-,15+/m0/s1. The monoisotopic (exact) mass is 333 g/mol. The Morgan fingerprint density at radius 3 is 2.62 bits per heavy atom. The van der Waals surface area contributed by atoms with Gasteiger partial charge in [0.05, 0.1) is 12.6 Å². The molecule has 6 nitrogen and oxygen atoms in total. The molecular formula is C18H27N3O3. The Morgan fingerprint density at radius 2 is 2.04 bits per heavy atom. The minimum atomic E-state index is -0.317. The third-order valence-electron chi connectivity index (χ3n) is 5.03. The first-order valence-electron chi connectivity index (χ1n) is 8.92. The van der Waals surface area contributed by atoms with Gasteiger partial charge in [-0.2, -0.15) is 0 Å². The van der Waals surface area contributed by atoms with Crippen LogP contribution in [0, 0.1) is 5.92 Å². The van der Waals surface area contributed by atoms with E-state index in [1.165, 1.54) is 6.42 Å². The van der Waals surface area contributed by atoms with Gasteiger partial charge in [0.1, 0.15) is 11.5 Å². The van der Waals surface area contributed by atoms with Crippen LogP contribution in [0.25, 0.3) is 0 Å². The van der Waals surface area contributed by atoms with Crippen LogP contribution in [0.4, 0.5) is 0 Å². The van der Waals surface area contributed by atoms with Crippen LogP contribution >= 0.6 is 0 Å². The third-order valence-corrected chi connectivity index (χ3v) is 5.03. The Kier molecular flexibility index (Phi) is 4.94. The van der Waals surface area contributed by atoms with Crippen molar-refractivity contribution in [2.45, 2.75) is 71.0 Å². The van der Waals surface area contributed by atoms with E-state index in [0.29, 0.717) is 24.9 Å². The number of carbonyl (C=O) groups is 2. The van der Waals surface area contributed by atoms with Gasteiger partial charge in [0.25, 0.3) is 5.91 Å². The highest BCUT2D eigenvalue weighted by molar-refractivity contribution is 5.84. The van der Waals surface area contributed by atoms with Crippen LogP contribution < -0.4 is 10.9 Å². The second-order valence-electron chi connectivity index (χ2n) is 7.09. The molecular weight excluding hydrogens is 306 g/mol. The summed E-state index contributed by atoms with van der Waals surface area (Å²) in [6, 6.07) is 4.20. The van der Waals surface area contributed by atoms with Gasteiger partial charge in [0.15, 0.2) is 0 Å². The molecule has 6 heteroatoms. The van der Waals surface area contributed by atoms with Crippen LogP contribution in [0.2, 0.25) is 0 Å². The van der Waals surface area contributed by atoms with Crippen molar-refractivity contribution in [2.75, 3.05) is 0 Å². The summed E-state index contributed by atoms with van der Waals surface area (Å²) in [6.07, 6.45) is 3.75. The van der Waals surface area contributed by atoms with Gasteiger partial charge in [-0.1, -0.05) is 13.8 Å². The van der Waals surface area contributed by atoms with Crippen molar-refractivity contribution in [3.8, 4) is 0 Å². The maximum absolute atomic E-state index is 12.3. The van der Waals surface area contributed by atoms with E-state index in [4.69, 9.17) is 4.42 Å². The number of nitrogens with zero attached hydrogens (tertiary/aromatic N) is 1. The first-order valence-corrected chi connectivity index (χ1v) is 8.92. The van der Waals surface area contributed by atoms with E-state index >= 15 is 0 Å². The lowest BCUT2D eigenvalue weighted by molar-refractivity contribution is -0.132. The lowest BCUT2D eigenvalue weighted by atomic mass is 10.2. The van der Waals surface area contributed by atoms with Crippen LogP contribution in [0.5, 0.6) is 0 Å². The van der Waals surface area contributed by atoms with Gasteiger partial charge in [-0.05, 0) is 44.2 Å². The van der Waals surface area contributed by atoms with Gasteiger partial charge in [0, 0.05) is 18.4 Å². The largest absolute Gasteiger partial charge is 0.464 e. The predicted molar refractivity (Wildman–Crippen MR) is 89.8 cm³/mol. The maximum atomic E-state index is 12.3. The van der Waals surface area contributed by atoms with Crippen LogP contribution in [0.3, 0.4) is 0 Å². The van der Waals surface area contributed by atoms with Gasteiger partial charge < -0.3 is 4.42 Å². The van der Waals surface area contributed by atoms with E-state index in [1.807, 2.05) is 13.0 Å². The number of amides is 2. The minimum Gasteiger partial charge on any atom is -0.464 e. The highest BCUT2D eigenvalue weighted by Crippen LogP contribution is 2.47. The second-order valence-corrected chi connectivity index (χ2v) is 7.09. The molecule has 0 saturated heterocycles. The molecule has 2 saturated carbocycles. The van der Waals surface area contributed by atoms with Crippen molar-refractivity contribution in [1.82, 2.24) is 15.8 Å². The molecule has 2 fully saturated rings. The molecule has 0 aliphatic heterocycles. The number of hydrogen-bond acceptors (Lipinski definition) is 4. The predicted octanol–water partition coefficient (Wildman–Crippen LogP) is 2.31. The molecule has 3 rings (SSSR count). The molecule has 0 unspecified atom stereocenters. The summed E-state index contributed by atoms with van der Waals surface area (Å²) in [5, 5.41) is 0. The number of rotatable bonds is 7. The molecule has 1 aromatic heterocycles. The Balaban J connectivity index is 1.58. The summed E-state index contributed by atoms with van der Waals surface area (Å²) in [7, 11) is 0. The molecule has 0 bridgehead atoms. The molecule has 1 heterocycles. The summed E-state index contributed by atoms with van der Waals surface area (Å²) in [5.41, 5.74) is 4.95. The third kappa shape index (κ3) is 3.98. The zero-order chi connectivity index (χ0) is 17.3. The Labute approximate surface area is 142 Å². The molecule has 3 atom stereocenters. The van der Waals surface area contributed by atoms with Crippen LogP contribution in [-0.4, -0.2) is 28.8 Å². The Hall–Kier alpha value is -1.82. The van der Waals surface area contributed by atoms with Crippen molar-refractivity contribution in [3.05, 3.63) is 23.7 Å². The van der Waals surface area contributed by atoms with E-state index < -0.39 is 0 Å². The van der Waals surface area contributed by atoms with Gasteiger partial charge in [-0.25, -0.2) is 0 Å². The van der Waals surface area contributed by atoms with Crippen molar-refractivity contribution in [2.24, 2.45) is 5.92 Å². The lowest BCUT2D eigenvalue weighted by Crippen LogP contribution is -2.51. The van der Waals surface area contributed by atoms with E-state index in [1.54, 1.807) is 6.92 Å². The summed E-state index contributed by atoms with van der Waals surface area (Å²) >= 11 is 0. The Bertz CT molecular complexity index is 608. The zero-order valence-electron chi connectivity index (χ0n) is 14.7. The fourth-order valence-electron chi connectivity index (χ4n) is 3.04. The number of carbonyl (C=O) groups excluding carboxylic acids is 2. The molecule has 0 spiro atoms. The zero-order valence-corrected chi connectivity index (χ0v) is 14.7. The quantitative estimate of drug-likeness (QED) is 0.751. The van der Waals surface area contributed by atoms with Crippen molar-refractivity contribution in [3.63, 3.8) is 0 Å². The lowest BCUT2D eigenvalue weighted by Gasteiger charge is -2.27. The van der Waals surface area contributed by atoms with E-state index in [-0.39, 0.29) is 17.9 Å². The number of hydrogen-bond donors (Lipinski definition) is 2. The van der Waals surface area contributed by atoms with E-state index in [9.17, 15) is 9.59 Å². The molecule has 0 aromatic carbocycles. The SMILES string of the molecule is CCC(=O)NNC(=O)[C@H](C)N(Cc1ccc([C@@H]2C[C@@H]2C)o1)C1CC1. The summed E-state index contributed by atoms with van der Waals surface area (Å²) in [4.78, 5) is 25.7. The first kappa shape index (κ1) is 17.0. The fraction of sp³-hybridized carbons (Fsp3) is 0.667. The number of hydrazine groups is 1. The molecule has 2 aliphatic carbocycles. The normalized spacial score (nSPS) is 23.8. The van der Waals surface area contributed by atoms with Crippen LogP contribution in [-0.2, 0) is 16.1 Å². The first-order chi connectivity index (χ1) is 11.5. The smallest absolute Gasteiger partial charge is 0.255 e. The van der Waals surface area contributed by atoms with Crippen LogP contribution in [0.1, 0.15) is 63.9 Å². The molecule has 2 aliphatic rings. The Morgan fingerprint density at radius 1 is 1.33 bits per heavy atom. The minimum absolute atomic E-state index is 0.189. The summed E-state index contributed by atoms with van der Waals surface area (Å²) in [5.74, 6) is 2.89. The molecule has 0 radical (unpaired) electrons. The fourth-order valence-corrected chi connectivity index (χ4v) is 3.04. The summed E-state index contributed by atoms with van der Waals surface area (Å²) in [6.45, 7) is 6.48. The van der Waals surface area contributed by atoms with Gasteiger partial charge >= 0.3 is 0 Å². The maximum Gasteiger partial charge on any atom is 0.255 e. The molecule has 2 N–H and O–H groups in total.